The van der Waals surface area contributed by atoms with Crippen LogP contribution in [0.5, 0.6) is 0 Å². The van der Waals surface area contributed by atoms with Gasteiger partial charge in [0.15, 0.2) is 0 Å². The van der Waals surface area contributed by atoms with Crippen LogP contribution in [0, 0.1) is 0 Å². The maximum Gasteiger partial charge on any atom is 0.303 e. The molecule has 0 aliphatic carbocycles. The van der Waals surface area contributed by atoms with Crippen molar-refractivity contribution in [3.05, 3.63) is 0 Å². The van der Waals surface area contributed by atoms with E-state index >= 15 is 0 Å². The zero-order chi connectivity index (χ0) is 13.5. The van der Waals surface area contributed by atoms with Gasteiger partial charge in [-0.2, -0.15) is 0 Å². The molecule has 0 aromatic rings. The SMILES string of the molecule is CC(=O)OCCC(C)(COC(C)=O)OC(C)=O. The fourth-order valence-electron chi connectivity index (χ4n) is 1.16. The smallest absolute Gasteiger partial charge is 0.303 e. The number of esters is 3. The molecular formula is C11H18O6. The van der Waals surface area contributed by atoms with Gasteiger partial charge in [-0.15, -0.1) is 0 Å². The standard InChI is InChI=1S/C11H18O6/c1-8(12)15-6-5-11(4,17-10(3)14)7-16-9(2)13/h5-7H2,1-4H3. The number of carbonyl (C=O) groups excluding carboxylic acids is 3. The van der Waals surface area contributed by atoms with E-state index in [1.54, 1.807) is 6.92 Å². The van der Waals surface area contributed by atoms with Crippen molar-refractivity contribution in [2.45, 2.75) is 39.7 Å². The third kappa shape index (κ3) is 8.24. The molecule has 0 amide bonds. The molecule has 0 fully saturated rings. The molecule has 17 heavy (non-hydrogen) atoms. The first kappa shape index (κ1) is 15.4. The molecule has 1 atom stereocenters. The first-order valence-corrected chi connectivity index (χ1v) is 5.21. The highest BCUT2D eigenvalue weighted by Gasteiger charge is 2.29. The molecule has 0 aromatic heterocycles. The molecule has 0 aliphatic heterocycles. The molecule has 6 heteroatoms. The summed E-state index contributed by atoms with van der Waals surface area (Å²) < 4.78 is 14.6. The lowest BCUT2D eigenvalue weighted by molar-refractivity contribution is -0.170. The Kier molecular flexibility index (Phi) is 6.23. The summed E-state index contributed by atoms with van der Waals surface area (Å²) in [6.07, 6.45) is 0.263. The Hall–Kier alpha value is -1.59. The molecule has 98 valence electrons. The summed E-state index contributed by atoms with van der Waals surface area (Å²) >= 11 is 0. The molecule has 0 aromatic carbocycles. The molecule has 0 N–H and O–H groups in total. The number of rotatable bonds is 6. The van der Waals surface area contributed by atoms with Crippen LogP contribution >= 0.6 is 0 Å². The molecule has 0 bridgehead atoms. The average Bonchev–Trinajstić information content (AvgIpc) is 2.13. The molecule has 0 radical (unpaired) electrons. The summed E-state index contributed by atoms with van der Waals surface area (Å²) in [5.74, 6) is -1.36. The first-order chi connectivity index (χ1) is 7.75. The Morgan fingerprint density at radius 2 is 1.47 bits per heavy atom. The molecule has 0 saturated heterocycles. The minimum Gasteiger partial charge on any atom is -0.466 e. The lowest BCUT2D eigenvalue weighted by atomic mass is 10.0. The molecule has 0 rings (SSSR count). The summed E-state index contributed by atoms with van der Waals surface area (Å²) in [6.45, 7) is 5.46. The van der Waals surface area contributed by atoms with Crippen molar-refractivity contribution >= 4 is 17.9 Å². The van der Waals surface area contributed by atoms with E-state index in [-0.39, 0.29) is 19.6 Å². The van der Waals surface area contributed by atoms with Gasteiger partial charge in [-0.25, -0.2) is 0 Å². The number of carbonyl (C=O) groups is 3. The zero-order valence-electron chi connectivity index (χ0n) is 10.6. The van der Waals surface area contributed by atoms with Crippen LogP contribution < -0.4 is 0 Å². The maximum atomic E-state index is 10.9. The lowest BCUT2D eigenvalue weighted by Gasteiger charge is -2.28. The molecule has 0 aliphatic rings. The minimum atomic E-state index is -0.979. The topological polar surface area (TPSA) is 78.9 Å². The molecule has 6 nitrogen and oxygen atoms in total. The van der Waals surface area contributed by atoms with E-state index in [1.807, 2.05) is 0 Å². The van der Waals surface area contributed by atoms with Gasteiger partial charge in [-0.3, -0.25) is 14.4 Å². The third-order valence-electron chi connectivity index (χ3n) is 1.91. The van der Waals surface area contributed by atoms with Crippen molar-refractivity contribution in [3.8, 4) is 0 Å². The quantitative estimate of drug-likeness (QED) is 0.510. The highest BCUT2D eigenvalue weighted by Crippen LogP contribution is 2.17. The highest BCUT2D eigenvalue weighted by atomic mass is 16.6. The lowest BCUT2D eigenvalue weighted by Crippen LogP contribution is -2.38. The fourth-order valence-corrected chi connectivity index (χ4v) is 1.16. The van der Waals surface area contributed by atoms with Gasteiger partial charge in [-0.05, 0) is 6.92 Å². The molecule has 0 saturated carbocycles. The Balaban J connectivity index is 4.32. The van der Waals surface area contributed by atoms with E-state index in [0.717, 1.165) is 0 Å². The second-order valence-corrected chi connectivity index (χ2v) is 3.91. The highest BCUT2D eigenvalue weighted by molar-refractivity contribution is 5.67. The average molecular weight is 246 g/mol. The second kappa shape index (κ2) is 6.88. The van der Waals surface area contributed by atoms with Crippen LogP contribution in [0.15, 0.2) is 0 Å². The summed E-state index contributed by atoms with van der Waals surface area (Å²) in [4.78, 5) is 32.2. The Morgan fingerprint density at radius 3 is 1.88 bits per heavy atom. The van der Waals surface area contributed by atoms with E-state index < -0.39 is 23.5 Å². The van der Waals surface area contributed by atoms with Crippen LogP contribution in [0.1, 0.15) is 34.1 Å². The van der Waals surface area contributed by atoms with E-state index in [9.17, 15) is 14.4 Å². The van der Waals surface area contributed by atoms with Crippen LogP contribution in [-0.2, 0) is 28.6 Å². The molecule has 1 unspecified atom stereocenters. The summed E-state index contributed by atoms with van der Waals surface area (Å²) in [5, 5.41) is 0. The van der Waals surface area contributed by atoms with Gasteiger partial charge in [0, 0.05) is 27.2 Å². The molecule has 0 heterocycles. The van der Waals surface area contributed by atoms with E-state index in [2.05, 4.69) is 0 Å². The van der Waals surface area contributed by atoms with E-state index in [0.29, 0.717) is 0 Å². The predicted molar refractivity (Wildman–Crippen MR) is 58.1 cm³/mol. The molecular weight excluding hydrogens is 228 g/mol. The van der Waals surface area contributed by atoms with E-state index in [4.69, 9.17) is 14.2 Å². The largest absolute Gasteiger partial charge is 0.466 e. The van der Waals surface area contributed by atoms with Crippen molar-refractivity contribution in [2.24, 2.45) is 0 Å². The normalized spacial score (nSPS) is 13.4. The van der Waals surface area contributed by atoms with Crippen LogP contribution in [0.3, 0.4) is 0 Å². The number of hydrogen-bond acceptors (Lipinski definition) is 6. The Bertz CT molecular complexity index is 298. The van der Waals surface area contributed by atoms with Gasteiger partial charge < -0.3 is 14.2 Å². The Labute approximate surface area is 100 Å². The van der Waals surface area contributed by atoms with Gasteiger partial charge in [0.2, 0.25) is 0 Å². The summed E-state index contributed by atoms with van der Waals surface area (Å²) in [5.41, 5.74) is -0.979. The fraction of sp³-hybridized carbons (Fsp3) is 0.727. The van der Waals surface area contributed by atoms with Crippen LogP contribution in [0.2, 0.25) is 0 Å². The van der Waals surface area contributed by atoms with Crippen molar-refractivity contribution in [3.63, 3.8) is 0 Å². The van der Waals surface area contributed by atoms with Crippen LogP contribution in [0.4, 0.5) is 0 Å². The second-order valence-electron chi connectivity index (χ2n) is 3.91. The number of hydrogen-bond donors (Lipinski definition) is 0. The summed E-state index contributed by atoms with van der Waals surface area (Å²) in [7, 11) is 0. The van der Waals surface area contributed by atoms with Gasteiger partial charge in [0.05, 0.1) is 6.61 Å². The van der Waals surface area contributed by atoms with Gasteiger partial charge in [-0.1, -0.05) is 0 Å². The monoisotopic (exact) mass is 246 g/mol. The van der Waals surface area contributed by atoms with Gasteiger partial charge in [0.25, 0.3) is 0 Å². The van der Waals surface area contributed by atoms with Crippen molar-refractivity contribution in [2.75, 3.05) is 13.2 Å². The van der Waals surface area contributed by atoms with Crippen LogP contribution in [-0.4, -0.2) is 36.7 Å². The zero-order valence-corrected chi connectivity index (χ0v) is 10.6. The summed E-state index contributed by atoms with van der Waals surface area (Å²) in [6, 6.07) is 0. The maximum absolute atomic E-state index is 10.9. The van der Waals surface area contributed by atoms with Crippen LogP contribution in [0.25, 0.3) is 0 Å². The predicted octanol–water partition coefficient (Wildman–Crippen LogP) is 0.825. The van der Waals surface area contributed by atoms with Crippen molar-refractivity contribution < 1.29 is 28.6 Å². The Morgan fingerprint density at radius 1 is 0.941 bits per heavy atom. The minimum absolute atomic E-state index is 0.0663. The van der Waals surface area contributed by atoms with Gasteiger partial charge >= 0.3 is 17.9 Å². The number of ether oxygens (including phenoxy) is 3. The molecule has 0 spiro atoms. The van der Waals surface area contributed by atoms with E-state index in [1.165, 1.54) is 20.8 Å². The van der Waals surface area contributed by atoms with Gasteiger partial charge in [0.1, 0.15) is 12.2 Å². The van der Waals surface area contributed by atoms with Crippen molar-refractivity contribution in [1.29, 1.82) is 0 Å². The third-order valence-corrected chi connectivity index (χ3v) is 1.91. The van der Waals surface area contributed by atoms with Crippen molar-refractivity contribution in [1.82, 2.24) is 0 Å². The first-order valence-electron chi connectivity index (χ1n) is 5.21.